The summed E-state index contributed by atoms with van der Waals surface area (Å²) in [6.07, 6.45) is 0. The molecule has 0 unspecified atom stereocenters. The molecule has 0 atom stereocenters. The molecule has 0 radical (unpaired) electrons. The maximum Gasteiger partial charge on any atom is 0.321 e. The van der Waals surface area contributed by atoms with Crippen molar-refractivity contribution >= 4 is 33.3 Å². The summed E-state index contributed by atoms with van der Waals surface area (Å²) in [5, 5.41) is 3.83. The van der Waals surface area contributed by atoms with Crippen molar-refractivity contribution in [2.75, 3.05) is 12.4 Å². The van der Waals surface area contributed by atoms with Gasteiger partial charge in [0.05, 0.1) is 16.8 Å². The normalized spacial score (nSPS) is 10.6. The SMILES string of the molecule is Cc1cccc(NC(=O)N(C)Cc2nc3ccccc3s2)c1. The first-order valence-corrected chi connectivity index (χ1v) is 7.87. The van der Waals surface area contributed by atoms with Gasteiger partial charge < -0.3 is 10.2 Å². The van der Waals surface area contributed by atoms with Gasteiger partial charge in [-0.05, 0) is 36.8 Å². The summed E-state index contributed by atoms with van der Waals surface area (Å²) in [4.78, 5) is 18.4. The van der Waals surface area contributed by atoms with Gasteiger partial charge in [0.1, 0.15) is 5.01 Å². The quantitative estimate of drug-likeness (QED) is 0.785. The number of nitrogens with zero attached hydrogens (tertiary/aromatic N) is 2. The number of hydrogen-bond acceptors (Lipinski definition) is 3. The first-order chi connectivity index (χ1) is 10.6. The molecule has 0 aliphatic heterocycles. The van der Waals surface area contributed by atoms with Gasteiger partial charge in [-0.25, -0.2) is 9.78 Å². The van der Waals surface area contributed by atoms with Crippen LogP contribution in [0.3, 0.4) is 0 Å². The third kappa shape index (κ3) is 3.26. The highest BCUT2D eigenvalue weighted by atomic mass is 32.1. The maximum atomic E-state index is 12.2. The van der Waals surface area contributed by atoms with E-state index < -0.39 is 0 Å². The van der Waals surface area contributed by atoms with Gasteiger partial charge in [-0.2, -0.15) is 0 Å². The molecule has 1 N–H and O–H groups in total. The van der Waals surface area contributed by atoms with Crippen molar-refractivity contribution in [3.8, 4) is 0 Å². The van der Waals surface area contributed by atoms with Crippen LogP contribution >= 0.6 is 11.3 Å². The number of carbonyl (C=O) groups excluding carboxylic acids is 1. The minimum atomic E-state index is -0.134. The number of aryl methyl sites for hydroxylation is 1. The van der Waals surface area contributed by atoms with Crippen LogP contribution in [0.2, 0.25) is 0 Å². The minimum absolute atomic E-state index is 0.134. The van der Waals surface area contributed by atoms with E-state index in [0.29, 0.717) is 6.54 Å². The van der Waals surface area contributed by atoms with Crippen LogP contribution in [-0.2, 0) is 6.54 Å². The minimum Gasteiger partial charge on any atom is -0.321 e. The van der Waals surface area contributed by atoms with Gasteiger partial charge in [-0.15, -0.1) is 11.3 Å². The summed E-state index contributed by atoms with van der Waals surface area (Å²) >= 11 is 1.62. The monoisotopic (exact) mass is 311 g/mol. The molecule has 0 saturated carbocycles. The van der Waals surface area contributed by atoms with Crippen LogP contribution in [0, 0.1) is 6.92 Å². The number of nitrogens with one attached hydrogen (secondary N) is 1. The van der Waals surface area contributed by atoms with Gasteiger partial charge in [-0.1, -0.05) is 24.3 Å². The molecule has 0 fully saturated rings. The number of benzene rings is 2. The predicted molar refractivity (Wildman–Crippen MR) is 91.3 cm³/mol. The smallest absolute Gasteiger partial charge is 0.321 e. The second kappa shape index (κ2) is 6.15. The lowest BCUT2D eigenvalue weighted by Crippen LogP contribution is -2.30. The fraction of sp³-hybridized carbons (Fsp3) is 0.176. The number of thiazole rings is 1. The summed E-state index contributed by atoms with van der Waals surface area (Å²) in [5.74, 6) is 0. The number of amides is 2. The Hall–Kier alpha value is -2.40. The third-order valence-electron chi connectivity index (χ3n) is 3.33. The lowest BCUT2D eigenvalue weighted by Gasteiger charge is -2.16. The number of aromatic nitrogens is 1. The number of urea groups is 1. The topological polar surface area (TPSA) is 45.2 Å². The fourth-order valence-corrected chi connectivity index (χ4v) is 3.22. The molecule has 0 bridgehead atoms. The molecule has 1 heterocycles. The fourth-order valence-electron chi connectivity index (χ4n) is 2.20. The van der Waals surface area contributed by atoms with Gasteiger partial charge in [0, 0.05) is 12.7 Å². The summed E-state index contributed by atoms with van der Waals surface area (Å²) in [5.41, 5.74) is 2.91. The largest absolute Gasteiger partial charge is 0.321 e. The van der Waals surface area contributed by atoms with Crippen LogP contribution in [0.1, 0.15) is 10.6 Å². The van der Waals surface area contributed by atoms with Crippen LogP contribution in [0.5, 0.6) is 0 Å². The number of carbonyl (C=O) groups is 1. The van der Waals surface area contributed by atoms with Gasteiger partial charge in [0.2, 0.25) is 0 Å². The maximum absolute atomic E-state index is 12.2. The highest BCUT2D eigenvalue weighted by Gasteiger charge is 2.12. The van der Waals surface area contributed by atoms with E-state index in [0.717, 1.165) is 26.5 Å². The summed E-state index contributed by atoms with van der Waals surface area (Å²) in [6, 6.07) is 15.6. The predicted octanol–water partition coefficient (Wildman–Crippen LogP) is 4.27. The average Bonchev–Trinajstić information content (AvgIpc) is 2.89. The highest BCUT2D eigenvalue weighted by Crippen LogP contribution is 2.22. The second-order valence-corrected chi connectivity index (χ2v) is 6.35. The zero-order valence-electron chi connectivity index (χ0n) is 12.5. The van der Waals surface area contributed by atoms with E-state index in [2.05, 4.69) is 10.3 Å². The van der Waals surface area contributed by atoms with Crippen LogP contribution in [0.4, 0.5) is 10.5 Å². The number of anilines is 1. The van der Waals surface area contributed by atoms with Crippen molar-refractivity contribution in [3.63, 3.8) is 0 Å². The number of rotatable bonds is 3. The summed E-state index contributed by atoms with van der Waals surface area (Å²) < 4.78 is 1.14. The lowest BCUT2D eigenvalue weighted by molar-refractivity contribution is 0.220. The molecule has 0 spiro atoms. The summed E-state index contributed by atoms with van der Waals surface area (Å²) in [6.45, 7) is 2.50. The van der Waals surface area contributed by atoms with Crippen molar-refractivity contribution in [1.82, 2.24) is 9.88 Å². The van der Waals surface area contributed by atoms with Gasteiger partial charge in [-0.3, -0.25) is 0 Å². The van der Waals surface area contributed by atoms with E-state index in [1.54, 1.807) is 23.3 Å². The Kier molecular flexibility index (Phi) is 4.06. The Bertz CT molecular complexity index is 779. The van der Waals surface area contributed by atoms with Gasteiger partial charge in [0.15, 0.2) is 0 Å². The lowest BCUT2D eigenvalue weighted by atomic mass is 10.2. The van der Waals surface area contributed by atoms with Gasteiger partial charge in [0.25, 0.3) is 0 Å². The molecule has 0 aliphatic rings. The van der Waals surface area contributed by atoms with Crippen molar-refractivity contribution in [2.45, 2.75) is 13.5 Å². The Morgan fingerprint density at radius 3 is 2.82 bits per heavy atom. The first-order valence-electron chi connectivity index (χ1n) is 7.05. The number of fused-ring (bicyclic) bond motifs is 1. The summed E-state index contributed by atoms with van der Waals surface area (Å²) in [7, 11) is 1.77. The Morgan fingerprint density at radius 1 is 1.23 bits per heavy atom. The zero-order chi connectivity index (χ0) is 15.5. The molecule has 2 amide bonds. The Labute approximate surface area is 133 Å². The molecule has 0 aliphatic carbocycles. The molecule has 3 rings (SSSR count). The molecule has 1 aromatic heterocycles. The standard InChI is InChI=1S/C17H17N3OS/c1-12-6-5-7-13(10-12)18-17(21)20(2)11-16-19-14-8-3-4-9-15(14)22-16/h3-10H,11H2,1-2H3,(H,18,21). The molecular weight excluding hydrogens is 294 g/mol. The van der Waals surface area contributed by atoms with E-state index in [9.17, 15) is 4.79 Å². The molecule has 0 saturated heterocycles. The van der Waals surface area contributed by atoms with Crippen molar-refractivity contribution in [3.05, 3.63) is 59.1 Å². The molecule has 5 heteroatoms. The Balaban J connectivity index is 1.68. The second-order valence-electron chi connectivity index (χ2n) is 5.23. The van der Waals surface area contributed by atoms with Crippen molar-refractivity contribution in [2.24, 2.45) is 0 Å². The number of para-hydroxylation sites is 1. The van der Waals surface area contributed by atoms with E-state index in [1.807, 2.05) is 55.5 Å². The van der Waals surface area contributed by atoms with Crippen LogP contribution in [0.15, 0.2) is 48.5 Å². The van der Waals surface area contributed by atoms with E-state index in [-0.39, 0.29) is 6.03 Å². The average molecular weight is 311 g/mol. The van der Waals surface area contributed by atoms with E-state index in [4.69, 9.17) is 0 Å². The highest BCUT2D eigenvalue weighted by molar-refractivity contribution is 7.18. The molecule has 22 heavy (non-hydrogen) atoms. The van der Waals surface area contributed by atoms with E-state index >= 15 is 0 Å². The molecule has 4 nitrogen and oxygen atoms in total. The van der Waals surface area contributed by atoms with E-state index in [1.165, 1.54) is 0 Å². The van der Waals surface area contributed by atoms with Crippen LogP contribution < -0.4 is 5.32 Å². The Morgan fingerprint density at radius 2 is 2.05 bits per heavy atom. The molecule has 3 aromatic rings. The zero-order valence-corrected chi connectivity index (χ0v) is 13.4. The molecular formula is C17H17N3OS. The van der Waals surface area contributed by atoms with Crippen molar-refractivity contribution in [1.29, 1.82) is 0 Å². The van der Waals surface area contributed by atoms with Crippen LogP contribution in [-0.4, -0.2) is 23.0 Å². The first kappa shape index (κ1) is 14.5. The van der Waals surface area contributed by atoms with Gasteiger partial charge >= 0.3 is 6.03 Å². The van der Waals surface area contributed by atoms with Crippen LogP contribution in [0.25, 0.3) is 10.2 Å². The number of hydrogen-bond donors (Lipinski definition) is 1. The third-order valence-corrected chi connectivity index (χ3v) is 4.35. The van der Waals surface area contributed by atoms with Crippen molar-refractivity contribution < 1.29 is 4.79 Å². The molecule has 112 valence electrons. The molecule has 2 aromatic carbocycles.